The molecule has 0 aromatic heterocycles. The molecule has 0 radical (unpaired) electrons. The number of carbonyl (C=O) groups excluding carboxylic acids is 2. The summed E-state index contributed by atoms with van der Waals surface area (Å²) in [5, 5.41) is 10.4. The van der Waals surface area contributed by atoms with E-state index in [0.29, 0.717) is 18.4 Å². The summed E-state index contributed by atoms with van der Waals surface area (Å²) in [6.07, 6.45) is 2.98. The monoisotopic (exact) mass is 306 g/mol. The van der Waals surface area contributed by atoms with Crippen LogP contribution in [-0.2, 0) is 19.1 Å². The van der Waals surface area contributed by atoms with Gasteiger partial charge in [-0.3, -0.25) is 4.79 Å². The van der Waals surface area contributed by atoms with Gasteiger partial charge in [0.2, 0.25) is 0 Å². The first-order valence-electron chi connectivity index (χ1n) is 7.38. The van der Waals surface area contributed by atoms with E-state index < -0.39 is 30.2 Å². The Morgan fingerprint density at radius 2 is 2.14 bits per heavy atom. The molecule has 0 amide bonds. The van der Waals surface area contributed by atoms with Crippen LogP contribution in [-0.4, -0.2) is 35.4 Å². The molecule has 1 aliphatic carbocycles. The Morgan fingerprint density at radius 3 is 2.77 bits per heavy atom. The molecule has 1 aliphatic heterocycles. The first kappa shape index (κ1) is 16.5. The number of aliphatic hydroxyl groups is 1. The molecule has 0 aromatic carbocycles. The van der Waals surface area contributed by atoms with Crippen LogP contribution in [0.4, 0.5) is 0 Å². The lowest BCUT2D eigenvalue weighted by Gasteiger charge is -2.25. The average Bonchev–Trinajstić information content (AvgIpc) is 2.68. The minimum absolute atomic E-state index is 0.291. The number of hydrogen-bond donors (Lipinski definition) is 1. The van der Waals surface area contributed by atoms with Crippen molar-refractivity contribution in [2.24, 2.45) is 5.92 Å². The van der Waals surface area contributed by atoms with Crippen LogP contribution in [0, 0.1) is 5.92 Å². The van der Waals surface area contributed by atoms with Gasteiger partial charge < -0.3 is 14.6 Å². The zero-order valence-electron chi connectivity index (χ0n) is 13.2. The Hall–Kier alpha value is -1.88. The average molecular weight is 306 g/mol. The minimum Gasteiger partial charge on any atom is -0.458 e. The predicted octanol–water partition coefficient (Wildman–Crippen LogP) is 2.06. The number of aliphatic hydroxyl groups excluding tert-OH is 1. The summed E-state index contributed by atoms with van der Waals surface area (Å²) >= 11 is 0. The lowest BCUT2D eigenvalue weighted by atomic mass is 9.85. The molecule has 4 atom stereocenters. The molecule has 1 heterocycles. The van der Waals surface area contributed by atoms with Gasteiger partial charge in [-0.15, -0.1) is 0 Å². The number of rotatable bonds is 1. The number of hydrogen-bond acceptors (Lipinski definition) is 5. The van der Waals surface area contributed by atoms with Gasteiger partial charge in [0.15, 0.2) is 0 Å². The summed E-state index contributed by atoms with van der Waals surface area (Å²) in [7, 11) is 0. The third kappa shape index (κ3) is 3.47. The summed E-state index contributed by atoms with van der Waals surface area (Å²) in [5.41, 5.74) is 2.06. The summed E-state index contributed by atoms with van der Waals surface area (Å²) < 4.78 is 10.6. The maximum atomic E-state index is 11.8. The molecule has 5 nitrogen and oxygen atoms in total. The third-order valence-corrected chi connectivity index (χ3v) is 4.13. The SMILES string of the molecule is C=C1C(=O)O[C@@H]2C=C(C)[C@@H](OC(C)=O)CC=C(C)C[C@@H](O)[C@@H]12. The lowest BCUT2D eigenvalue weighted by molar-refractivity contribution is -0.144. The van der Waals surface area contributed by atoms with Gasteiger partial charge in [-0.1, -0.05) is 18.2 Å². The van der Waals surface area contributed by atoms with Crippen LogP contribution in [0.25, 0.3) is 0 Å². The minimum atomic E-state index is -0.727. The molecule has 0 saturated carbocycles. The van der Waals surface area contributed by atoms with Gasteiger partial charge in [0.25, 0.3) is 0 Å². The van der Waals surface area contributed by atoms with Gasteiger partial charge >= 0.3 is 11.9 Å². The fourth-order valence-corrected chi connectivity index (χ4v) is 2.94. The standard InChI is InChI=1S/C17H22O5/c1-9-5-6-14(21-12(4)18)10(2)8-15-16(13(19)7-9)11(3)17(20)22-15/h5,8,13-16,19H,3,6-7H2,1-2,4H3/t13-,14+,15-,16-/m1/s1. The van der Waals surface area contributed by atoms with E-state index in [9.17, 15) is 14.7 Å². The van der Waals surface area contributed by atoms with Gasteiger partial charge in [0.1, 0.15) is 12.2 Å². The zero-order valence-corrected chi connectivity index (χ0v) is 13.2. The Labute approximate surface area is 130 Å². The number of fused-ring (bicyclic) bond motifs is 1. The first-order valence-corrected chi connectivity index (χ1v) is 7.38. The summed E-state index contributed by atoms with van der Waals surface area (Å²) in [6.45, 7) is 8.85. The van der Waals surface area contributed by atoms with Crippen molar-refractivity contribution < 1.29 is 24.2 Å². The molecule has 0 aromatic rings. The largest absolute Gasteiger partial charge is 0.458 e. The molecule has 0 bridgehead atoms. The fourth-order valence-electron chi connectivity index (χ4n) is 2.94. The topological polar surface area (TPSA) is 72.8 Å². The van der Waals surface area contributed by atoms with Gasteiger partial charge in [-0.2, -0.15) is 0 Å². The first-order chi connectivity index (χ1) is 10.3. The highest BCUT2D eigenvalue weighted by Crippen LogP contribution is 2.34. The maximum absolute atomic E-state index is 11.8. The Balaban J connectivity index is 2.37. The van der Waals surface area contributed by atoms with Crippen LogP contribution in [0.5, 0.6) is 0 Å². The Bertz CT molecular complexity index is 557. The van der Waals surface area contributed by atoms with E-state index in [-0.39, 0.29) is 5.97 Å². The number of ether oxygens (including phenoxy) is 2. The van der Waals surface area contributed by atoms with E-state index in [2.05, 4.69) is 6.58 Å². The fraction of sp³-hybridized carbons (Fsp3) is 0.529. The van der Waals surface area contributed by atoms with Crippen molar-refractivity contribution in [2.75, 3.05) is 0 Å². The Morgan fingerprint density at radius 1 is 1.45 bits per heavy atom. The van der Waals surface area contributed by atoms with Crippen LogP contribution in [0.3, 0.4) is 0 Å². The van der Waals surface area contributed by atoms with E-state index >= 15 is 0 Å². The van der Waals surface area contributed by atoms with Gasteiger partial charge in [-0.05, 0) is 31.9 Å². The Kier molecular flexibility index (Phi) is 4.86. The summed E-state index contributed by atoms with van der Waals surface area (Å²) in [6, 6.07) is 0. The van der Waals surface area contributed by atoms with Crippen LogP contribution in [0.2, 0.25) is 0 Å². The van der Waals surface area contributed by atoms with Crippen molar-refractivity contribution in [3.63, 3.8) is 0 Å². The highest BCUT2D eigenvalue weighted by atomic mass is 16.6. The molecule has 1 saturated heterocycles. The van der Waals surface area contributed by atoms with Crippen LogP contribution in [0.15, 0.2) is 35.5 Å². The number of esters is 2. The lowest BCUT2D eigenvalue weighted by Crippen LogP contribution is -2.30. The highest BCUT2D eigenvalue weighted by molar-refractivity contribution is 5.91. The highest BCUT2D eigenvalue weighted by Gasteiger charge is 2.42. The van der Waals surface area contributed by atoms with Crippen molar-refractivity contribution in [1.82, 2.24) is 0 Å². The molecule has 0 unspecified atom stereocenters. The van der Waals surface area contributed by atoms with Gasteiger partial charge in [0, 0.05) is 18.9 Å². The molecule has 1 N–H and O–H groups in total. The van der Waals surface area contributed by atoms with Gasteiger partial charge in [-0.25, -0.2) is 4.79 Å². The van der Waals surface area contributed by atoms with Crippen LogP contribution >= 0.6 is 0 Å². The van der Waals surface area contributed by atoms with E-state index in [0.717, 1.165) is 11.1 Å². The maximum Gasteiger partial charge on any atom is 0.334 e. The molecule has 2 rings (SSSR count). The quantitative estimate of drug-likeness (QED) is 0.456. The van der Waals surface area contributed by atoms with Crippen molar-refractivity contribution >= 4 is 11.9 Å². The molecule has 1 fully saturated rings. The zero-order chi connectivity index (χ0) is 16.4. The van der Waals surface area contributed by atoms with Crippen LogP contribution in [0.1, 0.15) is 33.6 Å². The second-order valence-electron chi connectivity index (χ2n) is 5.99. The summed E-state index contributed by atoms with van der Waals surface area (Å²) in [4.78, 5) is 23.0. The van der Waals surface area contributed by atoms with Crippen molar-refractivity contribution in [3.05, 3.63) is 35.5 Å². The second-order valence-corrected chi connectivity index (χ2v) is 5.99. The molecule has 2 aliphatic rings. The van der Waals surface area contributed by atoms with E-state index in [1.807, 2.05) is 19.9 Å². The molecule has 0 spiro atoms. The third-order valence-electron chi connectivity index (χ3n) is 4.13. The van der Waals surface area contributed by atoms with Crippen molar-refractivity contribution in [3.8, 4) is 0 Å². The van der Waals surface area contributed by atoms with Crippen LogP contribution < -0.4 is 0 Å². The van der Waals surface area contributed by atoms with Crippen molar-refractivity contribution in [1.29, 1.82) is 0 Å². The molecule has 5 heteroatoms. The molecule has 22 heavy (non-hydrogen) atoms. The van der Waals surface area contributed by atoms with Gasteiger partial charge in [0.05, 0.1) is 12.0 Å². The molecular formula is C17H22O5. The van der Waals surface area contributed by atoms with E-state index in [1.54, 1.807) is 6.08 Å². The second kappa shape index (κ2) is 6.48. The molecule has 120 valence electrons. The predicted molar refractivity (Wildman–Crippen MR) is 80.8 cm³/mol. The normalized spacial score (nSPS) is 32.5. The van der Waals surface area contributed by atoms with E-state index in [4.69, 9.17) is 9.47 Å². The summed E-state index contributed by atoms with van der Waals surface area (Å²) in [5.74, 6) is -1.31. The number of carbonyl (C=O) groups is 2. The van der Waals surface area contributed by atoms with E-state index in [1.165, 1.54) is 6.92 Å². The smallest absolute Gasteiger partial charge is 0.334 e. The molecular weight excluding hydrogens is 284 g/mol. The van der Waals surface area contributed by atoms with Crippen molar-refractivity contribution in [2.45, 2.75) is 51.9 Å².